The van der Waals surface area contributed by atoms with Gasteiger partial charge in [-0.2, -0.15) is 22.5 Å². The molecule has 0 saturated carbocycles. The van der Waals surface area contributed by atoms with Gasteiger partial charge >= 0.3 is 0 Å². The van der Waals surface area contributed by atoms with E-state index in [1.54, 1.807) is 6.92 Å². The van der Waals surface area contributed by atoms with Crippen molar-refractivity contribution in [3.05, 3.63) is 59.2 Å². The van der Waals surface area contributed by atoms with Crippen molar-refractivity contribution < 1.29 is 22.0 Å². The second-order valence-electron chi connectivity index (χ2n) is 4.51. The number of benzene rings is 1. The Hall–Kier alpha value is -2.18. The second-order valence-corrected chi connectivity index (χ2v) is 4.51. The Morgan fingerprint density at radius 2 is 1.38 bits per heavy atom. The highest BCUT2D eigenvalue weighted by Crippen LogP contribution is 2.31. The minimum Gasteiger partial charge on any atom is -0.363 e. The number of rotatable bonds is 3. The number of hydrogen-bond donors (Lipinski definition) is 0. The summed E-state index contributed by atoms with van der Waals surface area (Å²) in [4.78, 5) is 3.52. The van der Waals surface area contributed by atoms with Crippen LogP contribution in [0.1, 0.15) is 18.5 Å². The lowest BCUT2D eigenvalue weighted by Gasteiger charge is -2.28. The molecule has 0 spiro atoms. The number of halogens is 5. The number of aromatic nitrogens is 1. The third-order valence-corrected chi connectivity index (χ3v) is 3.26. The van der Waals surface area contributed by atoms with E-state index in [4.69, 9.17) is 0 Å². The van der Waals surface area contributed by atoms with Gasteiger partial charge < -0.3 is 4.90 Å². The van der Waals surface area contributed by atoms with E-state index in [1.165, 1.54) is 31.3 Å². The van der Waals surface area contributed by atoms with Gasteiger partial charge in [-0.25, -0.2) is 4.39 Å². The monoisotopic (exact) mass is 302 g/mol. The summed E-state index contributed by atoms with van der Waals surface area (Å²) < 4.78 is 66.5. The maximum Gasteiger partial charge on any atom is 0.253 e. The van der Waals surface area contributed by atoms with Gasteiger partial charge in [0.05, 0.1) is 6.04 Å². The van der Waals surface area contributed by atoms with Gasteiger partial charge in [-0.05, 0) is 24.6 Å². The maximum absolute atomic E-state index is 13.7. The normalized spacial score (nSPS) is 12.3. The fourth-order valence-corrected chi connectivity index (χ4v) is 1.94. The van der Waals surface area contributed by atoms with Crippen LogP contribution in [0, 0.1) is 29.3 Å². The summed E-state index contributed by atoms with van der Waals surface area (Å²) in [5.74, 6) is -7.06. The van der Waals surface area contributed by atoms with Crippen LogP contribution >= 0.6 is 0 Å². The third-order valence-electron chi connectivity index (χ3n) is 3.26. The molecule has 1 atom stereocenters. The molecule has 0 saturated heterocycles. The summed E-state index contributed by atoms with van der Waals surface area (Å²) in [5.41, 5.74) is -0.341. The Labute approximate surface area is 117 Å². The molecule has 1 aromatic heterocycles. The van der Waals surface area contributed by atoms with Gasteiger partial charge in [0.25, 0.3) is 11.9 Å². The van der Waals surface area contributed by atoms with E-state index in [9.17, 15) is 22.0 Å². The quantitative estimate of drug-likeness (QED) is 0.630. The van der Waals surface area contributed by atoms with Crippen LogP contribution in [0.3, 0.4) is 0 Å². The van der Waals surface area contributed by atoms with Crippen molar-refractivity contribution in [3.8, 4) is 0 Å². The van der Waals surface area contributed by atoms with E-state index in [-0.39, 0.29) is 0 Å². The van der Waals surface area contributed by atoms with Crippen LogP contribution in [0.4, 0.5) is 27.6 Å². The molecular weight excluding hydrogens is 291 g/mol. The standard InChI is InChI=1S/C14H11F5N2/c1-7(8-3-5-9(15)6-4-8)21(2)12-10(16)13(18)20-14(19)11(12)17/h3-7H,1-2H3. The van der Waals surface area contributed by atoms with Gasteiger partial charge in [-0.1, -0.05) is 12.1 Å². The van der Waals surface area contributed by atoms with Crippen LogP contribution < -0.4 is 4.90 Å². The Morgan fingerprint density at radius 1 is 0.905 bits per heavy atom. The maximum atomic E-state index is 13.7. The molecule has 0 aliphatic carbocycles. The lowest BCUT2D eigenvalue weighted by Crippen LogP contribution is -2.25. The highest BCUT2D eigenvalue weighted by molar-refractivity contribution is 5.50. The summed E-state index contributed by atoms with van der Waals surface area (Å²) >= 11 is 0. The van der Waals surface area contributed by atoms with E-state index in [0.29, 0.717) is 5.56 Å². The van der Waals surface area contributed by atoms with Crippen LogP contribution in [0.25, 0.3) is 0 Å². The first-order valence-electron chi connectivity index (χ1n) is 6.01. The van der Waals surface area contributed by atoms with Crippen LogP contribution in [-0.2, 0) is 0 Å². The predicted octanol–water partition coefficient (Wildman–Crippen LogP) is 3.97. The first kappa shape index (κ1) is 15.2. The van der Waals surface area contributed by atoms with Crippen molar-refractivity contribution in [2.24, 2.45) is 0 Å². The first-order valence-corrected chi connectivity index (χ1v) is 6.01. The Balaban J connectivity index is 2.44. The topological polar surface area (TPSA) is 16.1 Å². The van der Waals surface area contributed by atoms with Crippen molar-refractivity contribution in [3.63, 3.8) is 0 Å². The molecule has 1 unspecified atom stereocenters. The molecule has 0 aliphatic rings. The fraction of sp³-hybridized carbons (Fsp3) is 0.214. The molecule has 2 aromatic rings. The minimum absolute atomic E-state index is 0.466. The van der Waals surface area contributed by atoms with E-state index < -0.39 is 41.1 Å². The molecule has 1 heterocycles. The molecule has 2 rings (SSSR count). The van der Waals surface area contributed by atoms with Gasteiger partial charge in [0, 0.05) is 7.05 Å². The van der Waals surface area contributed by atoms with Crippen LogP contribution in [0.5, 0.6) is 0 Å². The van der Waals surface area contributed by atoms with Gasteiger partial charge in [0.15, 0.2) is 0 Å². The molecule has 21 heavy (non-hydrogen) atoms. The second kappa shape index (κ2) is 5.67. The third kappa shape index (κ3) is 2.81. The van der Waals surface area contributed by atoms with Gasteiger partial charge in [0.1, 0.15) is 11.5 Å². The molecule has 0 radical (unpaired) electrons. The van der Waals surface area contributed by atoms with Crippen molar-refractivity contribution in [2.75, 3.05) is 11.9 Å². The van der Waals surface area contributed by atoms with Crippen molar-refractivity contribution in [2.45, 2.75) is 13.0 Å². The molecule has 2 nitrogen and oxygen atoms in total. The summed E-state index contributed by atoms with van der Waals surface area (Å²) in [6.45, 7) is 1.56. The van der Waals surface area contributed by atoms with Crippen LogP contribution in [0.15, 0.2) is 24.3 Å². The Morgan fingerprint density at radius 3 is 1.86 bits per heavy atom. The number of nitrogens with zero attached hydrogens (tertiary/aromatic N) is 2. The fourth-order valence-electron chi connectivity index (χ4n) is 1.94. The molecule has 0 bridgehead atoms. The molecular formula is C14H11F5N2. The van der Waals surface area contributed by atoms with E-state index >= 15 is 0 Å². The molecule has 0 aliphatic heterocycles. The van der Waals surface area contributed by atoms with Crippen LogP contribution in [-0.4, -0.2) is 12.0 Å². The zero-order valence-electron chi connectivity index (χ0n) is 11.2. The summed E-state index contributed by atoms with van der Waals surface area (Å²) in [6.07, 6.45) is 0. The van der Waals surface area contributed by atoms with Crippen molar-refractivity contribution in [1.82, 2.24) is 4.98 Å². The average molecular weight is 302 g/mol. The smallest absolute Gasteiger partial charge is 0.253 e. The lowest BCUT2D eigenvalue weighted by atomic mass is 10.1. The summed E-state index contributed by atoms with van der Waals surface area (Å²) in [6, 6.07) is 4.55. The largest absolute Gasteiger partial charge is 0.363 e. The molecule has 112 valence electrons. The lowest BCUT2D eigenvalue weighted by molar-refractivity contribution is 0.405. The highest BCUT2D eigenvalue weighted by atomic mass is 19.2. The number of hydrogen-bond acceptors (Lipinski definition) is 2. The van der Waals surface area contributed by atoms with Crippen LogP contribution in [0.2, 0.25) is 0 Å². The number of pyridine rings is 1. The van der Waals surface area contributed by atoms with Crippen molar-refractivity contribution >= 4 is 5.69 Å². The summed E-state index contributed by atoms with van der Waals surface area (Å²) in [5, 5.41) is 0. The van der Waals surface area contributed by atoms with Gasteiger partial charge in [-0.15, -0.1) is 0 Å². The minimum atomic E-state index is -1.72. The molecule has 0 fully saturated rings. The molecule has 1 aromatic carbocycles. The number of anilines is 1. The first-order chi connectivity index (χ1) is 9.82. The predicted molar refractivity (Wildman–Crippen MR) is 67.3 cm³/mol. The Kier molecular flexibility index (Phi) is 4.11. The van der Waals surface area contributed by atoms with E-state index in [1.807, 2.05) is 0 Å². The Bertz CT molecular complexity index is 631. The van der Waals surface area contributed by atoms with Gasteiger partial charge in [0.2, 0.25) is 11.6 Å². The van der Waals surface area contributed by atoms with E-state index in [2.05, 4.69) is 4.98 Å². The average Bonchev–Trinajstić information content (AvgIpc) is 2.45. The summed E-state index contributed by atoms with van der Waals surface area (Å²) in [7, 11) is 1.27. The molecule has 0 N–H and O–H groups in total. The van der Waals surface area contributed by atoms with E-state index in [0.717, 1.165) is 4.90 Å². The molecule has 7 heteroatoms. The SMILES string of the molecule is CC(c1ccc(F)cc1)N(C)c1c(F)c(F)nc(F)c1F. The van der Waals surface area contributed by atoms with Gasteiger partial charge in [-0.3, -0.25) is 0 Å². The van der Waals surface area contributed by atoms with Crippen molar-refractivity contribution in [1.29, 1.82) is 0 Å². The molecule has 0 amide bonds. The zero-order chi connectivity index (χ0) is 15.7. The highest BCUT2D eigenvalue weighted by Gasteiger charge is 2.26. The zero-order valence-corrected chi connectivity index (χ0v) is 11.2.